The van der Waals surface area contributed by atoms with Crippen LogP contribution in [-0.4, -0.2) is 69.5 Å². The highest BCUT2D eigenvalue weighted by molar-refractivity contribution is 5.89. The molecule has 2 fully saturated rings. The summed E-state index contributed by atoms with van der Waals surface area (Å²) in [6.07, 6.45) is 1.52. The number of aromatic nitrogens is 2. The van der Waals surface area contributed by atoms with Crippen LogP contribution in [0.1, 0.15) is 47.7 Å². The van der Waals surface area contributed by atoms with Gasteiger partial charge in [-0.3, -0.25) is 0 Å². The molecule has 9 nitrogen and oxygen atoms in total. The third-order valence-electron chi connectivity index (χ3n) is 6.78. The lowest BCUT2D eigenvalue weighted by molar-refractivity contribution is 0.00202. The topological polar surface area (TPSA) is 105 Å². The van der Waals surface area contributed by atoms with E-state index >= 15 is 0 Å². The number of piperidine rings is 1. The number of halogens is 1. The zero-order valence-corrected chi connectivity index (χ0v) is 19.2. The van der Waals surface area contributed by atoms with Crippen molar-refractivity contribution in [3.63, 3.8) is 0 Å². The Bertz CT molecular complexity index is 1140. The standard InChI is InChI=1S/C24H27FN4O5/c1-14-20(29-10-5-15-11-16(22(30)31)3-4-18(15)29)26-13-27-21(14)33-19-6-9-28(12-17(19)25)23(32)34-24(2)7-8-24/h3-4,11,13,17,19H,5-10,12H2,1-2H3,(H,30,31). The summed E-state index contributed by atoms with van der Waals surface area (Å²) in [4.78, 5) is 35.6. The first-order chi connectivity index (χ1) is 16.2. The Morgan fingerprint density at radius 2 is 2.03 bits per heavy atom. The third-order valence-corrected chi connectivity index (χ3v) is 6.78. The molecule has 1 aromatic carbocycles. The lowest BCUT2D eigenvalue weighted by atomic mass is 10.1. The van der Waals surface area contributed by atoms with Gasteiger partial charge >= 0.3 is 12.1 Å². The van der Waals surface area contributed by atoms with Gasteiger partial charge < -0.3 is 24.4 Å². The number of benzene rings is 1. The van der Waals surface area contributed by atoms with Gasteiger partial charge in [0.2, 0.25) is 5.88 Å². The van der Waals surface area contributed by atoms with Crippen molar-refractivity contribution < 1.29 is 28.6 Å². The summed E-state index contributed by atoms with van der Waals surface area (Å²) in [6, 6.07) is 5.04. The van der Waals surface area contributed by atoms with Crippen LogP contribution >= 0.6 is 0 Å². The molecule has 1 aliphatic carbocycles. The fourth-order valence-corrected chi connectivity index (χ4v) is 4.45. The van der Waals surface area contributed by atoms with Crippen LogP contribution in [0, 0.1) is 6.92 Å². The average Bonchev–Trinajstić information content (AvgIpc) is 3.38. The molecule has 2 unspecified atom stereocenters. The summed E-state index contributed by atoms with van der Waals surface area (Å²) < 4.78 is 26.4. The molecule has 1 aromatic heterocycles. The third kappa shape index (κ3) is 4.24. The molecule has 34 heavy (non-hydrogen) atoms. The van der Waals surface area contributed by atoms with Crippen LogP contribution in [-0.2, 0) is 11.2 Å². The Kier molecular flexibility index (Phi) is 5.53. The van der Waals surface area contributed by atoms with E-state index in [2.05, 4.69) is 9.97 Å². The molecule has 0 radical (unpaired) electrons. The highest BCUT2D eigenvalue weighted by atomic mass is 19.1. The van der Waals surface area contributed by atoms with Crippen molar-refractivity contribution >= 4 is 23.6 Å². The van der Waals surface area contributed by atoms with E-state index in [9.17, 15) is 19.1 Å². The van der Waals surface area contributed by atoms with Crippen LogP contribution < -0.4 is 9.64 Å². The van der Waals surface area contributed by atoms with Crippen LogP contribution in [0.5, 0.6) is 5.88 Å². The number of anilines is 2. The van der Waals surface area contributed by atoms with E-state index in [1.54, 1.807) is 18.2 Å². The number of carboxylic acids is 1. The number of nitrogens with zero attached hydrogens (tertiary/aromatic N) is 4. The summed E-state index contributed by atoms with van der Waals surface area (Å²) in [6.45, 7) is 4.61. The number of ether oxygens (including phenoxy) is 2. The van der Waals surface area contributed by atoms with Gasteiger partial charge in [0.1, 0.15) is 23.9 Å². The van der Waals surface area contributed by atoms with Crippen LogP contribution in [0.4, 0.5) is 20.7 Å². The lowest BCUT2D eigenvalue weighted by Crippen LogP contribution is -2.50. The minimum absolute atomic E-state index is 0.0814. The number of carbonyl (C=O) groups is 2. The van der Waals surface area contributed by atoms with Crippen LogP contribution in [0.3, 0.4) is 0 Å². The van der Waals surface area contributed by atoms with Crippen molar-refractivity contribution in [2.45, 2.75) is 57.4 Å². The molecule has 1 N–H and O–H groups in total. The summed E-state index contributed by atoms with van der Waals surface area (Å²) >= 11 is 0. The van der Waals surface area contributed by atoms with Crippen molar-refractivity contribution in [3.8, 4) is 5.88 Å². The number of rotatable bonds is 5. The predicted molar refractivity (Wildman–Crippen MR) is 121 cm³/mol. The second kappa shape index (κ2) is 8.41. The normalized spacial score (nSPS) is 22.8. The molecule has 5 rings (SSSR count). The quantitative estimate of drug-likeness (QED) is 0.706. The number of amides is 1. The molecule has 2 aliphatic heterocycles. The first-order valence-corrected chi connectivity index (χ1v) is 11.5. The zero-order valence-electron chi connectivity index (χ0n) is 19.2. The number of aromatic carboxylic acids is 1. The highest BCUT2D eigenvalue weighted by Gasteiger charge is 2.44. The summed E-state index contributed by atoms with van der Waals surface area (Å²) in [5.41, 5.74) is 2.35. The monoisotopic (exact) mass is 470 g/mol. The number of carbonyl (C=O) groups excluding carboxylic acids is 1. The van der Waals surface area contributed by atoms with Crippen molar-refractivity contribution in [2.75, 3.05) is 24.5 Å². The first-order valence-electron chi connectivity index (χ1n) is 11.5. The van der Waals surface area contributed by atoms with E-state index in [0.717, 1.165) is 24.1 Å². The number of fused-ring (bicyclic) bond motifs is 1. The molecule has 1 amide bonds. The molecular formula is C24H27FN4O5. The van der Waals surface area contributed by atoms with Gasteiger partial charge in [0, 0.05) is 25.2 Å². The molecule has 2 atom stereocenters. The van der Waals surface area contributed by atoms with Gasteiger partial charge in [0.15, 0.2) is 6.17 Å². The van der Waals surface area contributed by atoms with Crippen LogP contribution in [0.2, 0.25) is 0 Å². The Hall–Kier alpha value is -3.43. The number of hydrogen-bond donors (Lipinski definition) is 1. The predicted octanol–water partition coefficient (Wildman–Crippen LogP) is 3.66. The molecule has 1 saturated carbocycles. The minimum Gasteiger partial charge on any atom is -0.478 e. The number of likely N-dealkylation sites (tertiary alicyclic amines) is 1. The van der Waals surface area contributed by atoms with E-state index in [1.807, 2.05) is 18.7 Å². The van der Waals surface area contributed by atoms with E-state index in [4.69, 9.17) is 9.47 Å². The zero-order chi connectivity index (χ0) is 24.0. The highest BCUT2D eigenvalue weighted by Crippen LogP contribution is 2.40. The van der Waals surface area contributed by atoms with Crippen LogP contribution in [0.25, 0.3) is 0 Å². The number of hydrogen-bond acceptors (Lipinski definition) is 7. The molecule has 1 saturated heterocycles. The van der Waals surface area contributed by atoms with Gasteiger partial charge in [-0.2, -0.15) is 0 Å². The summed E-state index contributed by atoms with van der Waals surface area (Å²) in [5.74, 6) is -0.0207. The molecule has 3 aliphatic rings. The van der Waals surface area contributed by atoms with Crippen molar-refractivity contribution in [1.82, 2.24) is 14.9 Å². The molecule has 10 heteroatoms. The van der Waals surface area contributed by atoms with Gasteiger partial charge in [-0.15, -0.1) is 0 Å². The van der Waals surface area contributed by atoms with E-state index < -0.39 is 29.9 Å². The van der Waals surface area contributed by atoms with E-state index in [-0.39, 0.29) is 12.1 Å². The molecule has 0 bridgehead atoms. The second-order valence-electron chi connectivity index (χ2n) is 9.40. The molecular weight excluding hydrogens is 443 g/mol. The number of carboxylic acid groups (broad SMARTS) is 1. The summed E-state index contributed by atoms with van der Waals surface area (Å²) in [7, 11) is 0. The SMILES string of the molecule is Cc1c(OC2CCN(C(=O)OC3(C)CC3)CC2F)ncnc1N1CCc2cc(C(=O)O)ccc21. The van der Waals surface area contributed by atoms with E-state index in [1.165, 1.54) is 11.2 Å². The molecule has 3 heterocycles. The number of alkyl halides is 1. The maximum atomic E-state index is 14.9. The Balaban J connectivity index is 1.28. The Morgan fingerprint density at radius 1 is 1.24 bits per heavy atom. The van der Waals surface area contributed by atoms with Crippen molar-refractivity contribution in [3.05, 3.63) is 41.2 Å². The van der Waals surface area contributed by atoms with Gasteiger partial charge in [-0.1, -0.05) is 0 Å². The molecule has 2 aromatic rings. The largest absolute Gasteiger partial charge is 0.478 e. The van der Waals surface area contributed by atoms with E-state index in [0.29, 0.717) is 43.2 Å². The smallest absolute Gasteiger partial charge is 0.410 e. The van der Waals surface area contributed by atoms with Gasteiger partial charge in [0.25, 0.3) is 0 Å². The minimum atomic E-state index is -1.37. The second-order valence-corrected chi connectivity index (χ2v) is 9.40. The van der Waals surface area contributed by atoms with Crippen LogP contribution in [0.15, 0.2) is 24.5 Å². The Morgan fingerprint density at radius 3 is 2.74 bits per heavy atom. The lowest BCUT2D eigenvalue weighted by Gasteiger charge is -2.34. The van der Waals surface area contributed by atoms with Gasteiger partial charge in [-0.25, -0.2) is 23.9 Å². The van der Waals surface area contributed by atoms with Gasteiger partial charge in [0.05, 0.1) is 17.7 Å². The van der Waals surface area contributed by atoms with Crippen molar-refractivity contribution in [2.24, 2.45) is 0 Å². The molecule has 0 spiro atoms. The van der Waals surface area contributed by atoms with Crippen molar-refractivity contribution in [1.29, 1.82) is 0 Å². The molecule has 180 valence electrons. The fourth-order valence-electron chi connectivity index (χ4n) is 4.45. The summed E-state index contributed by atoms with van der Waals surface area (Å²) in [5, 5.41) is 9.25. The average molecular weight is 471 g/mol. The maximum absolute atomic E-state index is 14.9. The maximum Gasteiger partial charge on any atom is 0.410 e. The van der Waals surface area contributed by atoms with Gasteiger partial charge in [-0.05, 0) is 56.9 Å². The fraction of sp³-hybridized carbons (Fsp3) is 0.500. The Labute approximate surface area is 196 Å². The first kappa shape index (κ1) is 22.4.